The molecule has 0 N–H and O–H groups in total. The van der Waals surface area contributed by atoms with Crippen molar-refractivity contribution < 1.29 is 23.8 Å². The number of thiophene rings is 1. The summed E-state index contributed by atoms with van der Waals surface area (Å²) in [6.07, 6.45) is 0.130. The van der Waals surface area contributed by atoms with Crippen LogP contribution in [0.2, 0.25) is 0 Å². The normalized spacial score (nSPS) is 10.7. The van der Waals surface area contributed by atoms with E-state index in [9.17, 15) is 9.59 Å². The van der Waals surface area contributed by atoms with Crippen molar-refractivity contribution in [2.24, 2.45) is 0 Å². The first-order valence-corrected chi connectivity index (χ1v) is 10.9. The van der Waals surface area contributed by atoms with Crippen LogP contribution in [0.4, 0.5) is 0 Å². The summed E-state index contributed by atoms with van der Waals surface area (Å²) in [5.41, 5.74) is 1.51. The van der Waals surface area contributed by atoms with Crippen molar-refractivity contribution in [2.75, 3.05) is 13.2 Å². The second-order valence-corrected chi connectivity index (χ2v) is 8.12. The van der Waals surface area contributed by atoms with E-state index in [2.05, 4.69) is 15.9 Å². The zero-order valence-corrected chi connectivity index (χ0v) is 18.6. The lowest BCUT2D eigenvalue weighted by molar-refractivity contribution is -0.142. The van der Waals surface area contributed by atoms with Gasteiger partial charge in [-0.25, -0.2) is 4.79 Å². The molecule has 0 aliphatic heterocycles. The molecule has 3 aromatic rings. The smallest absolute Gasteiger partial charge is 0.348 e. The van der Waals surface area contributed by atoms with Gasteiger partial charge in [0.1, 0.15) is 17.2 Å². The van der Waals surface area contributed by atoms with Gasteiger partial charge < -0.3 is 14.2 Å². The number of halogens is 1. The van der Waals surface area contributed by atoms with E-state index in [1.165, 1.54) is 11.3 Å². The minimum absolute atomic E-state index is 0.130. The second-order valence-electron chi connectivity index (χ2n) is 6.15. The Bertz CT molecular complexity index is 1030. The highest BCUT2D eigenvalue weighted by atomic mass is 79.9. The van der Waals surface area contributed by atoms with Gasteiger partial charge in [-0.15, -0.1) is 11.3 Å². The largest absolute Gasteiger partial charge is 0.489 e. The van der Waals surface area contributed by atoms with Crippen LogP contribution in [-0.2, 0) is 27.3 Å². The van der Waals surface area contributed by atoms with E-state index >= 15 is 0 Å². The van der Waals surface area contributed by atoms with Crippen molar-refractivity contribution in [2.45, 2.75) is 26.9 Å². The molecule has 3 rings (SSSR count). The van der Waals surface area contributed by atoms with E-state index in [4.69, 9.17) is 14.2 Å². The van der Waals surface area contributed by atoms with Gasteiger partial charge in [-0.2, -0.15) is 0 Å². The highest BCUT2D eigenvalue weighted by Gasteiger charge is 2.21. The lowest BCUT2D eigenvalue weighted by Gasteiger charge is -2.12. The Hall–Kier alpha value is -2.38. The van der Waals surface area contributed by atoms with Gasteiger partial charge in [0.25, 0.3) is 0 Å². The van der Waals surface area contributed by atoms with E-state index in [0.717, 1.165) is 25.7 Å². The molecule has 0 unspecified atom stereocenters. The van der Waals surface area contributed by atoms with Crippen molar-refractivity contribution >= 4 is 49.3 Å². The minimum atomic E-state index is -0.358. The number of hydrogen-bond donors (Lipinski definition) is 0. The Morgan fingerprint density at radius 2 is 1.79 bits per heavy atom. The Kier molecular flexibility index (Phi) is 7.28. The number of para-hydroxylation sites is 1. The van der Waals surface area contributed by atoms with Crippen molar-refractivity contribution in [3.05, 3.63) is 62.9 Å². The summed E-state index contributed by atoms with van der Waals surface area (Å²) in [4.78, 5) is 24.9. The number of fused-ring (bicyclic) bond motifs is 1. The molecule has 5 nitrogen and oxygen atoms in total. The van der Waals surface area contributed by atoms with E-state index in [-0.39, 0.29) is 25.0 Å². The summed E-state index contributed by atoms with van der Waals surface area (Å²) in [7, 11) is 0. The number of carbonyl (C=O) groups is 2. The molecule has 0 bridgehead atoms. The molecule has 2 aromatic carbocycles. The van der Waals surface area contributed by atoms with Gasteiger partial charge in [0.05, 0.1) is 19.6 Å². The van der Waals surface area contributed by atoms with Crippen molar-refractivity contribution in [3.8, 4) is 5.75 Å². The number of carbonyl (C=O) groups excluding carboxylic acids is 2. The van der Waals surface area contributed by atoms with Gasteiger partial charge in [-0.1, -0.05) is 34.1 Å². The lowest BCUT2D eigenvalue weighted by atomic mass is 10.1. The average molecular weight is 477 g/mol. The predicted molar refractivity (Wildman–Crippen MR) is 117 cm³/mol. The molecule has 0 saturated carbocycles. The average Bonchev–Trinajstić information content (AvgIpc) is 3.05. The summed E-state index contributed by atoms with van der Waals surface area (Å²) < 4.78 is 18.2. The van der Waals surface area contributed by atoms with Gasteiger partial charge in [0, 0.05) is 25.7 Å². The van der Waals surface area contributed by atoms with Crippen LogP contribution in [0.15, 0.2) is 46.9 Å². The van der Waals surface area contributed by atoms with E-state index in [1.54, 1.807) is 13.8 Å². The maximum atomic E-state index is 12.5. The number of esters is 2. The van der Waals surface area contributed by atoms with Gasteiger partial charge in [0.15, 0.2) is 0 Å². The van der Waals surface area contributed by atoms with Crippen LogP contribution < -0.4 is 4.74 Å². The molecular formula is C22H21BrO5S. The van der Waals surface area contributed by atoms with Crippen LogP contribution >= 0.6 is 27.3 Å². The fraction of sp³-hybridized carbons (Fsp3) is 0.273. The molecule has 0 amide bonds. The van der Waals surface area contributed by atoms with Crippen LogP contribution in [0, 0.1) is 0 Å². The van der Waals surface area contributed by atoms with Gasteiger partial charge in [0.2, 0.25) is 0 Å². The molecule has 0 fully saturated rings. The van der Waals surface area contributed by atoms with E-state index < -0.39 is 0 Å². The van der Waals surface area contributed by atoms with Gasteiger partial charge >= 0.3 is 11.9 Å². The molecule has 1 aromatic heterocycles. The Morgan fingerprint density at radius 3 is 2.55 bits per heavy atom. The summed E-state index contributed by atoms with van der Waals surface area (Å²) in [6.45, 7) is 4.38. The lowest BCUT2D eigenvalue weighted by Crippen LogP contribution is -2.10. The van der Waals surface area contributed by atoms with Crippen LogP contribution in [0.1, 0.15) is 34.6 Å². The molecular weight excluding hydrogens is 456 g/mol. The maximum absolute atomic E-state index is 12.5. The first-order valence-electron chi connectivity index (χ1n) is 9.27. The Balaban J connectivity index is 1.91. The summed E-state index contributed by atoms with van der Waals surface area (Å²) in [6, 6.07) is 13.2. The minimum Gasteiger partial charge on any atom is -0.489 e. The Morgan fingerprint density at radius 1 is 1.03 bits per heavy atom. The number of benzene rings is 2. The fourth-order valence-electron chi connectivity index (χ4n) is 2.93. The molecule has 0 spiro atoms. The topological polar surface area (TPSA) is 61.8 Å². The predicted octanol–water partition coefficient (Wildman–Crippen LogP) is 5.53. The van der Waals surface area contributed by atoms with E-state index in [1.807, 2.05) is 42.5 Å². The highest BCUT2D eigenvalue weighted by molar-refractivity contribution is 9.10. The molecule has 1 heterocycles. The molecule has 7 heteroatoms. The first-order chi connectivity index (χ1) is 14.0. The quantitative estimate of drug-likeness (QED) is 0.400. The van der Waals surface area contributed by atoms with Crippen LogP contribution in [-0.4, -0.2) is 25.2 Å². The zero-order chi connectivity index (χ0) is 20.8. The summed E-state index contributed by atoms with van der Waals surface area (Å²) in [5.74, 6) is -0.0754. The molecule has 0 aliphatic carbocycles. The van der Waals surface area contributed by atoms with Crippen LogP contribution in [0.3, 0.4) is 0 Å². The van der Waals surface area contributed by atoms with E-state index in [0.29, 0.717) is 23.8 Å². The first kappa shape index (κ1) is 21.3. The monoisotopic (exact) mass is 476 g/mol. The van der Waals surface area contributed by atoms with Crippen LogP contribution in [0.25, 0.3) is 10.1 Å². The van der Waals surface area contributed by atoms with Crippen LogP contribution in [0.5, 0.6) is 5.75 Å². The van der Waals surface area contributed by atoms with Crippen molar-refractivity contribution in [1.29, 1.82) is 0 Å². The molecule has 0 aliphatic rings. The third kappa shape index (κ3) is 5.16. The number of hydrogen-bond acceptors (Lipinski definition) is 6. The third-order valence-corrected chi connectivity index (χ3v) is 5.88. The zero-order valence-electron chi connectivity index (χ0n) is 16.2. The molecule has 152 valence electrons. The molecule has 29 heavy (non-hydrogen) atoms. The fourth-order valence-corrected chi connectivity index (χ4v) is 4.38. The van der Waals surface area contributed by atoms with Crippen molar-refractivity contribution in [1.82, 2.24) is 0 Å². The SMILES string of the molecule is CCOC(=O)Cc1ccccc1OCc1c(C(=O)OCC)sc2ccc(Br)cc12. The van der Waals surface area contributed by atoms with Gasteiger partial charge in [-0.05, 0) is 38.1 Å². The standard InChI is InChI=1S/C22H21BrO5S/c1-3-26-20(24)11-14-7-5-6-8-18(14)28-13-17-16-12-15(23)9-10-19(16)29-21(17)22(25)27-4-2/h5-10,12H,3-4,11,13H2,1-2H3. The molecule has 0 saturated heterocycles. The third-order valence-electron chi connectivity index (χ3n) is 4.20. The highest BCUT2D eigenvalue weighted by Crippen LogP contribution is 2.35. The molecule has 0 atom stereocenters. The summed E-state index contributed by atoms with van der Waals surface area (Å²) >= 11 is 4.88. The van der Waals surface area contributed by atoms with Crippen molar-refractivity contribution in [3.63, 3.8) is 0 Å². The number of ether oxygens (including phenoxy) is 3. The summed E-state index contributed by atoms with van der Waals surface area (Å²) in [5, 5.41) is 0.940. The van der Waals surface area contributed by atoms with Gasteiger partial charge in [-0.3, -0.25) is 4.79 Å². The maximum Gasteiger partial charge on any atom is 0.348 e. The Labute approximate surface area is 181 Å². The second kappa shape index (κ2) is 9.89. The number of rotatable bonds is 8. The molecule has 0 radical (unpaired) electrons.